The number of fused-ring (bicyclic) bond motifs is 1. The van der Waals surface area contributed by atoms with Crippen molar-refractivity contribution in [3.8, 4) is 0 Å². The molecule has 1 N–H and O–H groups in total. The maximum atomic E-state index is 12.3. The summed E-state index contributed by atoms with van der Waals surface area (Å²) in [6, 6.07) is 2.01. The van der Waals surface area contributed by atoms with E-state index in [4.69, 9.17) is 0 Å². The van der Waals surface area contributed by atoms with E-state index in [2.05, 4.69) is 30.0 Å². The van der Waals surface area contributed by atoms with Gasteiger partial charge in [-0.25, -0.2) is 15.0 Å². The van der Waals surface area contributed by atoms with Gasteiger partial charge in [-0.3, -0.25) is 9.89 Å². The quantitative estimate of drug-likeness (QED) is 0.846. The number of nitrogens with zero attached hydrogens (tertiary/aromatic N) is 6. The summed E-state index contributed by atoms with van der Waals surface area (Å²) in [6.07, 6.45) is 2.97. The van der Waals surface area contributed by atoms with Crippen LogP contribution in [-0.2, 0) is 0 Å². The lowest BCUT2D eigenvalue weighted by atomic mass is 10.0. The molecule has 2 aliphatic heterocycles. The lowest BCUT2D eigenvalue weighted by molar-refractivity contribution is 0.0771. The van der Waals surface area contributed by atoms with Crippen LogP contribution in [0.1, 0.15) is 16.3 Å². The van der Waals surface area contributed by atoms with Gasteiger partial charge in [0.15, 0.2) is 0 Å². The molecule has 8 heteroatoms. The third kappa shape index (κ3) is 2.20. The first-order valence-electron chi connectivity index (χ1n) is 7.39. The fourth-order valence-corrected chi connectivity index (χ4v) is 3.42. The zero-order valence-corrected chi connectivity index (χ0v) is 12.3. The Morgan fingerprint density at radius 3 is 2.55 bits per heavy atom. The summed E-state index contributed by atoms with van der Waals surface area (Å²) in [6.45, 7) is 5.37. The fraction of sp³-hybridized carbons (Fsp3) is 0.500. The van der Waals surface area contributed by atoms with Crippen molar-refractivity contribution >= 4 is 11.7 Å². The number of anilines is 1. The highest BCUT2D eigenvalue weighted by atomic mass is 16.2. The predicted molar refractivity (Wildman–Crippen MR) is 78.2 cm³/mol. The van der Waals surface area contributed by atoms with Crippen molar-refractivity contribution in [2.45, 2.75) is 6.92 Å². The van der Waals surface area contributed by atoms with E-state index >= 15 is 0 Å². The molecule has 114 valence electrons. The Balaban J connectivity index is 1.43. The Bertz CT molecular complexity index is 672. The molecule has 0 bridgehead atoms. The van der Waals surface area contributed by atoms with Crippen LogP contribution in [0.3, 0.4) is 0 Å². The lowest BCUT2D eigenvalue weighted by Crippen LogP contribution is -2.34. The topological polar surface area (TPSA) is 90.9 Å². The predicted octanol–water partition coefficient (Wildman–Crippen LogP) is 0.112. The molecule has 2 saturated heterocycles. The van der Waals surface area contributed by atoms with Crippen LogP contribution >= 0.6 is 0 Å². The summed E-state index contributed by atoms with van der Waals surface area (Å²) in [5, 5.41) is 6.38. The molecule has 2 atom stereocenters. The van der Waals surface area contributed by atoms with Gasteiger partial charge in [0.05, 0.1) is 0 Å². The lowest BCUT2D eigenvalue weighted by Gasteiger charge is -2.21. The number of aryl methyl sites for hydroxylation is 1. The van der Waals surface area contributed by atoms with Gasteiger partial charge in [0.1, 0.15) is 18.5 Å². The molecule has 0 spiro atoms. The van der Waals surface area contributed by atoms with Crippen LogP contribution in [0, 0.1) is 18.8 Å². The van der Waals surface area contributed by atoms with E-state index in [9.17, 15) is 4.79 Å². The summed E-state index contributed by atoms with van der Waals surface area (Å²) in [5.41, 5.74) is 0.976. The summed E-state index contributed by atoms with van der Waals surface area (Å²) in [5.74, 6) is 2.22. The maximum absolute atomic E-state index is 12.3. The number of carbonyl (C=O) groups is 1. The van der Waals surface area contributed by atoms with Crippen molar-refractivity contribution in [3.63, 3.8) is 0 Å². The van der Waals surface area contributed by atoms with Gasteiger partial charge < -0.3 is 9.80 Å². The van der Waals surface area contributed by atoms with Gasteiger partial charge >= 0.3 is 0 Å². The standard InChI is InChI=1S/C14H17N7O/c1-9-2-12(16-7-15-9)20-3-10-5-21(6-11(10)4-20)14(22)13-17-8-18-19-13/h2,7-8,10-11H,3-6H2,1H3,(H,17,18,19). The van der Waals surface area contributed by atoms with Crippen LogP contribution < -0.4 is 4.90 Å². The first-order chi connectivity index (χ1) is 10.7. The van der Waals surface area contributed by atoms with Crippen molar-refractivity contribution in [3.05, 3.63) is 30.2 Å². The molecule has 2 aromatic rings. The molecule has 0 aromatic carbocycles. The highest BCUT2D eigenvalue weighted by Crippen LogP contribution is 2.33. The van der Waals surface area contributed by atoms with Gasteiger partial charge in [-0.1, -0.05) is 0 Å². The van der Waals surface area contributed by atoms with Crippen molar-refractivity contribution < 1.29 is 4.79 Å². The molecular formula is C14H17N7O. The minimum Gasteiger partial charge on any atom is -0.356 e. The molecule has 2 aliphatic rings. The van der Waals surface area contributed by atoms with Crippen LogP contribution in [-0.4, -0.2) is 62.1 Å². The van der Waals surface area contributed by atoms with Gasteiger partial charge in [0.2, 0.25) is 5.82 Å². The fourth-order valence-electron chi connectivity index (χ4n) is 3.42. The van der Waals surface area contributed by atoms with E-state index in [0.717, 1.165) is 37.7 Å². The van der Waals surface area contributed by atoms with Crippen LogP contribution in [0.5, 0.6) is 0 Å². The van der Waals surface area contributed by atoms with E-state index in [1.165, 1.54) is 6.33 Å². The first-order valence-corrected chi connectivity index (χ1v) is 7.39. The number of H-pyrrole nitrogens is 1. The number of aromatic nitrogens is 5. The van der Waals surface area contributed by atoms with Gasteiger partial charge in [-0.2, -0.15) is 5.10 Å². The molecule has 2 aromatic heterocycles. The Morgan fingerprint density at radius 1 is 1.14 bits per heavy atom. The summed E-state index contributed by atoms with van der Waals surface area (Å²) in [7, 11) is 0. The second kappa shape index (κ2) is 5.04. The average Bonchev–Trinajstić information content (AvgIpc) is 3.22. The average molecular weight is 299 g/mol. The second-order valence-corrected chi connectivity index (χ2v) is 5.99. The van der Waals surface area contributed by atoms with Crippen molar-refractivity contribution in [2.24, 2.45) is 11.8 Å². The molecule has 2 fully saturated rings. The van der Waals surface area contributed by atoms with Gasteiger partial charge in [-0.15, -0.1) is 0 Å². The molecular weight excluding hydrogens is 282 g/mol. The molecule has 0 saturated carbocycles. The summed E-state index contributed by atoms with van der Waals surface area (Å²) >= 11 is 0. The van der Waals surface area contributed by atoms with Crippen molar-refractivity contribution in [1.82, 2.24) is 30.0 Å². The molecule has 8 nitrogen and oxygen atoms in total. The summed E-state index contributed by atoms with van der Waals surface area (Å²) < 4.78 is 0. The molecule has 4 heterocycles. The number of rotatable bonds is 2. The smallest absolute Gasteiger partial charge is 0.291 e. The molecule has 0 aliphatic carbocycles. The Hall–Kier alpha value is -2.51. The zero-order chi connectivity index (χ0) is 15.1. The maximum Gasteiger partial charge on any atom is 0.291 e. The number of likely N-dealkylation sites (tertiary alicyclic amines) is 1. The number of hydrogen-bond donors (Lipinski definition) is 1. The van der Waals surface area contributed by atoms with Crippen LogP contribution in [0.15, 0.2) is 18.7 Å². The SMILES string of the molecule is Cc1cc(N2CC3CN(C(=O)c4ncn[nH]4)CC3C2)ncn1. The van der Waals surface area contributed by atoms with Crippen LogP contribution in [0.4, 0.5) is 5.82 Å². The minimum atomic E-state index is -0.0590. The monoisotopic (exact) mass is 299 g/mol. The van der Waals surface area contributed by atoms with E-state index in [1.54, 1.807) is 6.33 Å². The third-order valence-corrected chi connectivity index (χ3v) is 4.50. The molecule has 4 rings (SSSR count). The highest BCUT2D eigenvalue weighted by Gasteiger charge is 2.42. The number of hydrogen-bond acceptors (Lipinski definition) is 6. The third-order valence-electron chi connectivity index (χ3n) is 4.50. The molecule has 2 unspecified atom stereocenters. The minimum absolute atomic E-state index is 0.0590. The number of amides is 1. The Morgan fingerprint density at radius 2 is 1.91 bits per heavy atom. The largest absolute Gasteiger partial charge is 0.356 e. The number of carbonyl (C=O) groups excluding carboxylic acids is 1. The van der Waals surface area contributed by atoms with Crippen molar-refractivity contribution in [1.29, 1.82) is 0 Å². The van der Waals surface area contributed by atoms with Crippen LogP contribution in [0.25, 0.3) is 0 Å². The van der Waals surface area contributed by atoms with Gasteiger partial charge in [0, 0.05) is 49.8 Å². The van der Waals surface area contributed by atoms with Gasteiger partial charge in [-0.05, 0) is 6.92 Å². The Labute approximate surface area is 127 Å². The van der Waals surface area contributed by atoms with E-state index in [0.29, 0.717) is 17.7 Å². The second-order valence-electron chi connectivity index (χ2n) is 5.99. The normalized spacial score (nSPS) is 23.9. The zero-order valence-electron chi connectivity index (χ0n) is 12.3. The van der Waals surface area contributed by atoms with Gasteiger partial charge in [0.25, 0.3) is 5.91 Å². The van der Waals surface area contributed by atoms with Crippen molar-refractivity contribution in [2.75, 3.05) is 31.1 Å². The Kier molecular flexibility index (Phi) is 3.02. The number of nitrogens with one attached hydrogen (secondary N) is 1. The number of aromatic amines is 1. The molecule has 0 radical (unpaired) electrons. The van der Waals surface area contributed by atoms with E-state index in [-0.39, 0.29) is 5.91 Å². The summed E-state index contributed by atoms with van der Waals surface area (Å²) in [4.78, 5) is 28.9. The highest BCUT2D eigenvalue weighted by molar-refractivity contribution is 5.90. The first kappa shape index (κ1) is 13.2. The molecule has 22 heavy (non-hydrogen) atoms. The van der Waals surface area contributed by atoms with E-state index in [1.807, 2.05) is 17.9 Å². The van der Waals surface area contributed by atoms with E-state index < -0.39 is 0 Å². The van der Waals surface area contributed by atoms with Crippen LogP contribution in [0.2, 0.25) is 0 Å². The molecule has 1 amide bonds.